The smallest absolute Gasteiger partial charge is 0.231 e. The summed E-state index contributed by atoms with van der Waals surface area (Å²) < 4.78 is 17.6. The van der Waals surface area contributed by atoms with Crippen molar-refractivity contribution >= 4 is 5.88 Å². The van der Waals surface area contributed by atoms with Crippen LogP contribution in [0.4, 0.5) is 5.88 Å². The maximum atomic E-state index is 5.93. The molecule has 1 aliphatic rings. The van der Waals surface area contributed by atoms with Crippen LogP contribution in [0.15, 0.2) is 35.1 Å². The van der Waals surface area contributed by atoms with E-state index in [2.05, 4.69) is 10.3 Å². The van der Waals surface area contributed by atoms with E-state index in [4.69, 9.17) is 19.7 Å². The van der Waals surface area contributed by atoms with Crippen LogP contribution in [0.5, 0.6) is 11.5 Å². The predicted octanol–water partition coefficient (Wildman–Crippen LogP) is 2.05. The molecule has 0 unspecified atom stereocenters. The molecule has 3 aromatic rings. The highest BCUT2D eigenvalue weighted by Crippen LogP contribution is 2.41. The molecule has 2 N–H and O–H groups in total. The van der Waals surface area contributed by atoms with Gasteiger partial charge in [-0.15, -0.1) is 0 Å². The Labute approximate surface area is 119 Å². The molecule has 0 bridgehead atoms. The van der Waals surface area contributed by atoms with Crippen LogP contribution in [0.3, 0.4) is 0 Å². The average Bonchev–Trinajstić information content (AvgIpc) is 3.17. The van der Waals surface area contributed by atoms with Crippen LogP contribution in [0.25, 0.3) is 22.4 Å². The van der Waals surface area contributed by atoms with Crippen molar-refractivity contribution in [2.24, 2.45) is 7.05 Å². The van der Waals surface area contributed by atoms with Crippen LogP contribution in [0.2, 0.25) is 0 Å². The molecule has 0 saturated carbocycles. The van der Waals surface area contributed by atoms with Gasteiger partial charge >= 0.3 is 0 Å². The minimum atomic E-state index is 0.230. The zero-order chi connectivity index (χ0) is 14.4. The van der Waals surface area contributed by atoms with Gasteiger partial charge in [-0.3, -0.25) is 4.68 Å². The molecule has 0 saturated heterocycles. The fourth-order valence-electron chi connectivity index (χ4n) is 2.37. The highest BCUT2D eigenvalue weighted by molar-refractivity contribution is 5.87. The zero-order valence-corrected chi connectivity index (χ0v) is 11.2. The second kappa shape index (κ2) is 4.27. The van der Waals surface area contributed by atoms with Gasteiger partial charge in [0.1, 0.15) is 5.69 Å². The Morgan fingerprint density at radius 3 is 2.86 bits per heavy atom. The van der Waals surface area contributed by atoms with Gasteiger partial charge < -0.3 is 19.7 Å². The van der Waals surface area contributed by atoms with Gasteiger partial charge in [-0.05, 0) is 17.7 Å². The van der Waals surface area contributed by atoms with Crippen LogP contribution in [0.1, 0.15) is 0 Å². The van der Waals surface area contributed by atoms with E-state index < -0.39 is 0 Å². The Kier molecular flexibility index (Phi) is 2.41. The van der Waals surface area contributed by atoms with E-state index in [0.717, 1.165) is 22.4 Å². The largest absolute Gasteiger partial charge is 0.454 e. The first-order valence-corrected chi connectivity index (χ1v) is 6.36. The standard InChI is InChI=1S/C14H12N4O3/c1-18-6-9(5-16-18)13-12(14(15)21-17-13)8-2-3-10-11(4-8)20-7-19-10/h2-6H,7,15H2,1H3. The summed E-state index contributed by atoms with van der Waals surface area (Å²) in [7, 11) is 1.84. The van der Waals surface area contributed by atoms with Crippen LogP contribution in [-0.4, -0.2) is 21.7 Å². The highest BCUT2D eigenvalue weighted by Gasteiger charge is 2.21. The number of aryl methyl sites for hydroxylation is 1. The van der Waals surface area contributed by atoms with Gasteiger partial charge in [-0.25, -0.2) is 0 Å². The third-order valence-corrected chi connectivity index (χ3v) is 3.36. The number of rotatable bonds is 2. The van der Waals surface area contributed by atoms with Gasteiger partial charge in [-0.2, -0.15) is 5.10 Å². The molecule has 0 radical (unpaired) electrons. The van der Waals surface area contributed by atoms with Crippen LogP contribution in [-0.2, 0) is 7.05 Å². The molecule has 0 spiro atoms. The molecule has 1 aromatic carbocycles. The first-order valence-electron chi connectivity index (χ1n) is 6.36. The van der Waals surface area contributed by atoms with Crippen molar-refractivity contribution in [2.45, 2.75) is 0 Å². The van der Waals surface area contributed by atoms with Crippen molar-refractivity contribution in [3.63, 3.8) is 0 Å². The zero-order valence-electron chi connectivity index (χ0n) is 11.2. The molecule has 0 atom stereocenters. The van der Waals surface area contributed by atoms with Crippen molar-refractivity contribution in [1.82, 2.24) is 14.9 Å². The summed E-state index contributed by atoms with van der Waals surface area (Å²) in [4.78, 5) is 0. The molecule has 7 heteroatoms. The molecule has 106 valence electrons. The molecule has 4 rings (SSSR count). The Morgan fingerprint density at radius 2 is 2.05 bits per heavy atom. The predicted molar refractivity (Wildman–Crippen MR) is 74.7 cm³/mol. The molecule has 2 aromatic heterocycles. The Bertz CT molecular complexity index is 821. The van der Waals surface area contributed by atoms with E-state index in [1.807, 2.05) is 31.4 Å². The third kappa shape index (κ3) is 1.82. The maximum Gasteiger partial charge on any atom is 0.231 e. The maximum absolute atomic E-state index is 5.93. The van der Waals surface area contributed by atoms with E-state index in [9.17, 15) is 0 Å². The highest BCUT2D eigenvalue weighted by atomic mass is 16.7. The summed E-state index contributed by atoms with van der Waals surface area (Å²) >= 11 is 0. The van der Waals surface area contributed by atoms with Crippen molar-refractivity contribution in [2.75, 3.05) is 12.5 Å². The van der Waals surface area contributed by atoms with Crippen LogP contribution < -0.4 is 15.2 Å². The van der Waals surface area contributed by atoms with E-state index in [1.54, 1.807) is 10.9 Å². The van der Waals surface area contributed by atoms with Gasteiger partial charge in [0.2, 0.25) is 12.7 Å². The Balaban J connectivity index is 1.87. The number of anilines is 1. The molecular weight excluding hydrogens is 272 g/mol. The van der Waals surface area contributed by atoms with Gasteiger partial charge in [-0.1, -0.05) is 11.2 Å². The number of nitrogens with zero attached hydrogens (tertiary/aromatic N) is 3. The SMILES string of the molecule is Cn1cc(-c2noc(N)c2-c2ccc3c(c2)OCO3)cn1. The van der Waals surface area contributed by atoms with Gasteiger partial charge in [0.15, 0.2) is 11.5 Å². The molecule has 21 heavy (non-hydrogen) atoms. The second-order valence-corrected chi connectivity index (χ2v) is 4.74. The lowest BCUT2D eigenvalue weighted by molar-refractivity contribution is 0.174. The number of hydrogen-bond donors (Lipinski definition) is 1. The quantitative estimate of drug-likeness (QED) is 0.774. The monoisotopic (exact) mass is 284 g/mol. The molecule has 0 fully saturated rings. The molecule has 0 aliphatic carbocycles. The number of benzene rings is 1. The number of nitrogen functional groups attached to an aromatic ring is 1. The lowest BCUT2D eigenvalue weighted by atomic mass is 10.0. The fraction of sp³-hybridized carbons (Fsp3) is 0.143. The number of hydrogen-bond acceptors (Lipinski definition) is 6. The lowest BCUT2D eigenvalue weighted by Crippen LogP contribution is -1.92. The van der Waals surface area contributed by atoms with Crippen molar-refractivity contribution in [1.29, 1.82) is 0 Å². The number of nitrogens with two attached hydrogens (primary N) is 1. The summed E-state index contributed by atoms with van der Waals surface area (Å²) in [6.07, 6.45) is 3.57. The van der Waals surface area contributed by atoms with Crippen molar-refractivity contribution < 1.29 is 14.0 Å². The molecule has 3 heterocycles. The first-order chi connectivity index (χ1) is 10.2. The normalized spacial score (nSPS) is 12.8. The number of aromatic nitrogens is 3. The lowest BCUT2D eigenvalue weighted by Gasteiger charge is -2.03. The van der Waals surface area contributed by atoms with E-state index >= 15 is 0 Å². The average molecular weight is 284 g/mol. The van der Waals surface area contributed by atoms with E-state index in [0.29, 0.717) is 11.4 Å². The Hall–Kier alpha value is -2.96. The van der Waals surface area contributed by atoms with Crippen LogP contribution in [0, 0.1) is 0 Å². The third-order valence-electron chi connectivity index (χ3n) is 3.36. The first kappa shape index (κ1) is 11.8. The Morgan fingerprint density at radius 1 is 1.19 bits per heavy atom. The summed E-state index contributed by atoms with van der Waals surface area (Å²) in [6.45, 7) is 0.230. The molecule has 1 aliphatic heterocycles. The van der Waals surface area contributed by atoms with Gasteiger partial charge in [0, 0.05) is 18.8 Å². The summed E-state index contributed by atoms with van der Waals surface area (Å²) in [6, 6.07) is 5.61. The summed E-state index contributed by atoms with van der Waals surface area (Å²) in [5.41, 5.74) is 9.01. The fourth-order valence-corrected chi connectivity index (χ4v) is 2.37. The van der Waals surface area contributed by atoms with Crippen molar-refractivity contribution in [3.05, 3.63) is 30.6 Å². The van der Waals surface area contributed by atoms with Crippen molar-refractivity contribution in [3.8, 4) is 33.9 Å². The minimum absolute atomic E-state index is 0.230. The van der Waals surface area contributed by atoms with E-state index in [-0.39, 0.29) is 12.7 Å². The summed E-state index contributed by atoms with van der Waals surface area (Å²) in [5, 5.41) is 8.19. The molecule has 0 amide bonds. The van der Waals surface area contributed by atoms with Gasteiger partial charge in [0.05, 0.1) is 11.8 Å². The van der Waals surface area contributed by atoms with Gasteiger partial charge in [0.25, 0.3) is 0 Å². The second-order valence-electron chi connectivity index (χ2n) is 4.74. The van der Waals surface area contributed by atoms with E-state index in [1.165, 1.54) is 0 Å². The molecule has 7 nitrogen and oxygen atoms in total. The molecular formula is C14H12N4O3. The minimum Gasteiger partial charge on any atom is -0.454 e. The van der Waals surface area contributed by atoms with Crippen LogP contribution >= 0.6 is 0 Å². The number of ether oxygens (including phenoxy) is 2. The summed E-state index contributed by atoms with van der Waals surface area (Å²) in [5.74, 6) is 1.66. The number of fused-ring (bicyclic) bond motifs is 1. The topological polar surface area (TPSA) is 88.3 Å².